The van der Waals surface area contributed by atoms with Crippen molar-refractivity contribution in [2.24, 2.45) is 11.8 Å². The quantitative estimate of drug-likeness (QED) is 0.803. The van der Waals surface area contributed by atoms with Gasteiger partial charge in [-0.3, -0.25) is 4.79 Å². The number of rotatable bonds is 4. The zero-order valence-electron chi connectivity index (χ0n) is 13.7. The molecule has 7 heteroatoms. The Morgan fingerprint density at radius 2 is 2.08 bits per heavy atom. The highest BCUT2D eigenvalue weighted by Crippen LogP contribution is 2.53. The number of thiophene rings is 1. The second kappa shape index (κ2) is 5.86. The van der Waals surface area contributed by atoms with Gasteiger partial charge in [0.15, 0.2) is 0 Å². The first-order valence-electron chi connectivity index (χ1n) is 8.05. The van der Waals surface area contributed by atoms with E-state index in [1.807, 2.05) is 37.3 Å². The normalized spacial score (nSPS) is 26.8. The summed E-state index contributed by atoms with van der Waals surface area (Å²) in [7, 11) is 0. The van der Waals surface area contributed by atoms with Crippen LogP contribution in [0.15, 0.2) is 45.1 Å². The van der Waals surface area contributed by atoms with Crippen LogP contribution in [0.1, 0.15) is 13.8 Å². The first-order valence-corrected chi connectivity index (χ1v) is 9.68. The predicted octanol–water partition coefficient (Wildman–Crippen LogP) is 3.15. The van der Waals surface area contributed by atoms with Gasteiger partial charge in [-0.15, -0.1) is 11.3 Å². The number of carbonyl (C=O) groups is 2. The maximum atomic E-state index is 12.3. The smallest absolute Gasteiger partial charge is 0.353 e. The van der Waals surface area contributed by atoms with E-state index in [1.54, 1.807) is 18.3 Å². The molecule has 2 N–H and O–H groups in total. The van der Waals surface area contributed by atoms with E-state index in [1.165, 1.54) is 16.7 Å². The lowest BCUT2D eigenvalue weighted by Crippen LogP contribution is -2.63. The summed E-state index contributed by atoms with van der Waals surface area (Å²) in [6.07, 6.45) is -0.778. The van der Waals surface area contributed by atoms with Gasteiger partial charge in [-0.1, -0.05) is 36.9 Å². The second-order valence-corrected chi connectivity index (χ2v) is 8.90. The number of carboxylic acids is 1. The van der Waals surface area contributed by atoms with Crippen molar-refractivity contribution in [3.63, 3.8) is 0 Å². The van der Waals surface area contributed by atoms with Crippen molar-refractivity contribution in [2.45, 2.75) is 30.2 Å². The Labute approximate surface area is 152 Å². The van der Waals surface area contributed by atoms with Crippen molar-refractivity contribution in [1.82, 2.24) is 4.90 Å². The van der Waals surface area contributed by atoms with Gasteiger partial charge in [0.25, 0.3) is 0 Å². The van der Waals surface area contributed by atoms with Crippen molar-refractivity contribution in [1.29, 1.82) is 0 Å². The molecule has 0 spiro atoms. The van der Waals surface area contributed by atoms with E-state index in [4.69, 9.17) is 0 Å². The van der Waals surface area contributed by atoms with Gasteiger partial charge >= 0.3 is 5.97 Å². The Hall–Kier alpha value is -1.83. The minimum atomic E-state index is -1.09. The van der Waals surface area contributed by atoms with Crippen molar-refractivity contribution < 1.29 is 19.8 Å². The molecule has 4 atom stereocenters. The molecule has 0 saturated carbocycles. The molecule has 2 aliphatic rings. The van der Waals surface area contributed by atoms with Gasteiger partial charge in [0, 0.05) is 15.5 Å². The Kier molecular flexibility index (Phi) is 3.90. The number of aliphatic hydroxyl groups excluding tert-OH is 1. The van der Waals surface area contributed by atoms with E-state index < -0.39 is 18.0 Å². The molecule has 2 aromatic rings. The van der Waals surface area contributed by atoms with E-state index >= 15 is 0 Å². The Morgan fingerprint density at radius 3 is 2.72 bits per heavy atom. The van der Waals surface area contributed by atoms with Crippen molar-refractivity contribution in [2.75, 3.05) is 0 Å². The van der Waals surface area contributed by atoms with Gasteiger partial charge < -0.3 is 15.1 Å². The molecule has 1 saturated heterocycles. The number of thioether (sulfide) groups is 1. The molecule has 1 fully saturated rings. The number of nitrogens with zero attached hydrogens (tertiary/aromatic N) is 1. The molecule has 0 bridgehead atoms. The first-order chi connectivity index (χ1) is 11.9. The molecule has 4 rings (SSSR count). The van der Waals surface area contributed by atoms with Gasteiger partial charge in [0.2, 0.25) is 5.91 Å². The number of hydrogen-bond donors (Lipinski definition) is 2. The fraction of sp³-hybridized carbons (Fsp3) is 0.333. The average molecular weight is 375 g/mol. The molecular weight excluding hydrogens is 358 g/mol. The number of amides is 1. The average Bonchev–Trinajstić information content (AvgIpc) is 3.05. The number of hydrogen-bond acceptors (Lipinski definition) is 5. The van der Waals surface area contributed by atoms with Crippen LogP contribution in [0.5, 0.6) is 0 Å². The Balaban J connectivity index is 1.72. The summed E-state index contributed by atoms with van der Waals surface area (Å²) in [4.78, 5) is 26.2. The third-order valence-corrected chi connectivity index (χ3v) is 7.44. The summed E-state index contributed by atoms with van der Waals surface area (Å²) < 4.78 is 2.15. The lowest BCUT2D eigenvalue weighted by atomic mass is 9.79. The van der Waals surface area contributed by atoms with E-state index in [0.29, 0.717) is 4.91 Å². The van der Waals surface area contributed by atoms with Crippen molar-refractivity contribution in [3.05, 3.63) is 40.9 Å². The molecule has 0 unspecified atom stereocenters. The summed E-state index contributed by atoms with van der Waals surface area (Å²) >= 11 is 3.04. The number of aliphatic hydroxyl groups is 1. The third-order valence-electron chi connectivity index (χ3n) is 4.92. The number of β-lactam (4-membered cyclic amide) rings is 1. The maximum absolute atomic E-state index is 12.3. The Bertz CT molecular complexity index is 884. The van der Waals surface area contributed by atoms with E-state index in [-0.39, 0.29) is 23.6 Å². The Morgan fingerprint density at radius 1 is 1.36 bits per heavy atom. The number of carbonyl (C=O) groups excluding carboxylic acids is 1. The SMILES string of the molecule is C[C@@H](O)[C@H]1C(=O)N2C(C(=O)O)=C(Sc3cc4ccccc4s3)[C@H](C)[C@H]12. The molecule has 130 valence electrons. The fourth-order valence-electron chi connectivity index (χ4n) is 3.77. The summed E-state index contributed by atoms with van der Waals surface area (Å²) in [5.74, 6) is -2.02. The number of benzene rings is 1. The largest absolute Gasteiger partial charge is 0.477 e. The summed E-state index contributed by atoms with van der Waals surface area (Å²) in [5.41, 5.74) is 0.0712. The van der Waals surface area contributed by atoms with E-state index in [9.17, 15) is 19.8 Å². The van der Waals surface area contributed by atoms with Gasteiger partial charge in [-0.25, -0.2) is 4.79 Å². The molecule has 1 aromatic carbocycles. The standard InChI is InChI=1S/C18H17NO4S2/c1-8-14-13(9(2)20)17(21)19(14)15(18(22)23)16(8)25-12-7-10-5-3-4-6-11(10)24-12/h3-9,13-14,20H,1-2H3,(H,22,23)/t8-,9-,13-,14-/m1/s1. The molecule has 5 nitrogen and oxygen atoms in total. The summed E-state index contributed by atoms with van der Waals surface area (Å²) in [6.45, 7) is 3.52. The molecule has 1 aromatic heterocycles. The molecule has 25 heavy (non-hydrogen) atoms. The lowest BCUT2D eigenvalue weighted by molar-refractivity contribution is -0.163. The van der Waals surface area contributed by atoms with Crippen LogP contribution < -0.4 is 0 Å². The number of aliphatic carboxylic acids is 1. The molecule has 3 heterocycles. The van der Waals surface area contributed by atoms with Crippen LogP contribution in [0.2, 0.25) is 0 Å². The van der Waals surface area contributed by atoms with Crippen LogP contribution in [-0.4, -0.2) is 39.1 Å². The van der Waals surface area contributed by atoms with Gasteiger partial charge in [0.1, 0.15) is 5.70 Å². The summed E-state index contributed by atoms with van der Waals surface area (Å²) in [5, 5.41) is 20.7. The van der Waals surface area contributed by atoms with Gasteiger partial charge in [-0.05, 0) is 24.4 Å². The molecular formula is C18H17NO4S2. The van der Waals surface area contributed by atoms with Crippen LogP contribution in [0, 0.1) is 11.8 Å². The third kappa shape index (κ3) is 2.41. The van der Waals surface area contributed by atoms with Crippen LogP contribution >= 0.6 is 23.1 Å². The topological polar surface area (TPSA) is 77.8 Å². The molecule has 0 aliphatic carbocycles. The van der Waals surface area contributed by atoms with Crippen LogP contribution in [0.4, 0.5) is 0 Å². The molecule has 1 amide bonds. The van der Waals surface area contributed by atoms with Crippen molar-refractivity contribution in [3.8, 4) is 0 Å². The monoisotopic (exact) mass is 375 g/mol. The van der Waals surface area contributed by atoms with Gasteiger partial charge in [-0.2, -0.15) is 0 Å². The van der Waals surface area contributed by atoms with Crippen LogP contribution in [0.3, 0.4) is 0 Å². The molecule has 2 aliphatic heterocycles. The number of carboxylic acid groups (broad SMARTS) is 1. The maximum Gasteiger partial charge on any atom is 0.353 e. The summed E-state index contributed by atoms with van der Waals surface area (Å²) in [6, 6.07) is 9.80. The number of fused-ring (bicyclic) bond motifs is 2. The van der Waals surface area contributed by atoms with Crippen LogP contribution in [-0.2, 0) is 9.59 Å². The zero-order chi connectivity index (χ0) is 17.9. The van der Waals surface area contributed by atoms with E-state index in [0.717, 1.165) is 14.3 Å². The lowest BCUT2D eigenvalue weighted by Gasteiger charge is -2.46. The predicted molar refractivity (Wildman–Crippen MR) is 97.3 cm³/mol. The van der Waals surface area contributed by atoms with Crippen LogP contribution in [0.25, 0.3) is 10.1 Å². The van der Waals surface area contributed by atoms with Gasteiger partial charge in [0.05, 0.1) is 22.3 Å². The highest BCUT2D eigenvalue weighted by atomic mass is 32.2. The van der Waals surface area contributed by atoms with E-state index in [2.05, 4.69) is 0 Å². The minimum absolute atomic E-state index is 0.0712. The fourth-order valence-corrected chi connectivity index (χ4v) is 6.28. The molecule has 0 radical (unpaired) electrons. The van der Waals surface area contributed by atoms with Crippen molar-refractivity contribution >= 4 is 45.1 Å². The highest BCUT2D eigenvalue weighted by Gasteiger charge is 2.60. The highest BCUT2D eigenvalue weighted by molar-refractivity contribution is 8.05. The minimum Gasteiger partial charge on any atom is -0.477 e. The first kappa shape index (κ1) is 16.6. The zero-order valence-corrected chi connectivity index (χ0v) is 15.3. The second-order valence-electron chi connectivity index (χ2n) is 6.48.